The fourth-order valence-corrected chi connectivity index (χ4v) is 6.58. The van der Waals surface area contributed by atoms with E-state index in [4.69, 9.17) is 9.40 Å². The Kier molecular flexibility index (Phi) is 5.78. The summed E-state index contributed by atoms with van der Waals surface area (Å²) >= 11 is 0. The highest BCUT2D eigenvalue weighted by Gasteiger charge is 2.19. The van der Waals surface area contributed by atoms with Gasteiger partial charge >= 0.3 is 0 Å². The van der Waals surface area contributed by atoms with Gasteiger partial charge in [0.2, 0.25) is 0 Å². The summed E-state index contributed by atoms with van der Waals surface area (Å²) in [7, 11) is 0. The minimum atomic E-state index is 0.775. The van der Waals surface area contributed by atoms with Gasteiger partial charge in [0, 0.05) is 38.6 Å². The van der Waals surface area contributed by atoms with Gasteiger partial charge in [-0.15, -0.1) is 0 Å². The molecule has 0 aliphatic rings. The fraction of sp³-hybridized carbons (Fsp3) is 0. The molecule has 212 valence electrons. The van der Waals surface area contributed by atoms with Crippen LogP contribution in [-0.4, -0.2) is 9.55 Å². The first kappa shape index (κ1) is 25.4. The zero-order chi connectivity index (χ0) is 29.7. The van der Waals surface area contributed by atoms with Gasteiger partial charge in [-0.05, 0) is 65.7 Å². The topological polar surface area (TPSA) is 34.2 Å². The van der Waals surface area contributed by atoms with Crippen molar-refractivity contribution in [3.05, 3.63) is 164 Å². The summed E-state index contributed by atoms with van der Waals surface area (Å²) in [6.45, 7) is 0. The number of hydrogen-bond donors (Lipinski definition) is 0. The highest BCUT2D eigenvalue weighted by Crippen LogP contribution is 2.40. The van der Waals surface area contributed by atoms with Gasteiger partial charge in [-0.25, -0.2) is 4.98 Å². The quantitative estimate of drug-likeness (QED) is 0.204. The van der Waals surface area contributed by atoms with E-state index in [0.717, 1.165) is 50.4 Å². The molecule has 0 aliphatic heterocycles. The molecule has 0 amide bonds. The van der Waals surface area contributed by atoms with Gasteiger partial charge in [-0.1, -0.05) is 103 Å². The van der Waals surface area contributed by atoms with Crippen LogP contribution in [0.5, 0.6) is 0 Å². The average Bonchev–Trinajstić information content (AvgIpc) is 3.65. The highest BCUT2D eigenvalue weighted by molar-refractivity contribution is 6.09. The molecule has 0 saturated carbocycles. The Morgan fingerprint density at radius 1 is 0.467 bits per heavy atom. The number of anilines is 3. The van der Waals surface area contributed by atoms with E-state index >= 15 is 0 Å². The van der Waals surface area contributed by atoms with Crippen LogP contribution in [0.2, 0.25) is 0 Å². The molecule has 3 heterocycles. The first-order valence-electron chi connectivity index (χ1n) is 15.1. The van der Waals surface area contributed by atoms with Crippen molar-refractivity contribution in [3.63, 3.8) is 0 Å². The standard InChI is InChI=1S/C41H27N3O/c1-2-12-28(13-3-1)29-14-10-15-30(24-29)43(41-26-36-35-20-6-9-23-39(35)45-40(36)27-42-41)31-16-11-17-32(25-31)44-37-21-7-4-18-33(37)34-19-5-8-22-38(34)44/h1-27H. The van der Waals surface area contributed by atoms with Crippen LogP contribution in [0.25, 0.3) is 60.6 Å². The largest absolute Gasteiger partial charge is 0.454 e. The third kappa shape index (κ3) is 4.19. The molecule has 0 aliphatic carbocycles. The minimum Gasteiger partial charge on any atom is -0.454 e. The molecule has 9 aromatic rings. The summed E-state index contributed by atoms with van der Waals surface area (Å²) in [5, 5.41) is 4.60. The van der Waals surface area contributed by atoms with Crippen LogP contribution in [0.4, 0.5) is 17.2 Å². The summed E-state index contributed by atoms with van der Waals surface area (Å²) in [6.07, 6.45) is 1.84. The molecule has 4 heteroatoms. The molecule has 3 aromatic heterocycles. The number of hydrogen-bond acceptors (Lipinski definition) is 3. The number of para-hydroxylation sites is 3. The molecule has 0 unspecified atom stereocenters. The van der Waals surface area contributed by atoms with Crippen molar-refractivity contribution in [2.75, 3.05) is 4.90 Å². The summed E-state index contributed by atoms with van der Waals surface area (Å²) in [5.41, 5.74) is 9.43. The molecule has 0 N–H and O–H groups in total. The van der Waals surface area contributed by atoms with E-state index in [2.05, 4.69) is 143 Å². The molecule has 6 aromatic carbocycles. The number of rotatable bonds is 5. The van der Waals surface area contributed by atoms with Crippen molar-refractivity contribution in [1.82, 2.24) is 9.55 Å². The van der Waals surface area contributed by atoms with Crippen molar-refractivity contribution in [1.29, 1.82) is 0 Å². The van der Waals surface area contributed by atoms with Crippen molar-refractivity contribution >= 4 is 60.9 Å². The Labute approximate surface area is 260 Å². The lowest BCUT2D eigenvalue weighted by Crippen LogP contribution is -2.12. The zero-order valence-corrected chi connectivity index (χ0v) is 24.3. The Balaban J connectivity index is 1.27. The van der Waals surface area contributed by atoms with E-state index in [0.29, 0.717) is 0 Å². The Bertz CT molecular complexity index is 2450. The second-order valence-corrected chi connectivity index (χ2v) is 11.3. The van der Waals surface area contributed by atoms with Crippen molar-refractivity contribution in [2.45, 2.75) is 0 Å². The predicted octanol–water partition coefficient (Wildman–Crippen LogP) is 11.2. The fourth-order valence-electron chi connectivity index (χ4n) is 6.58. The monoisotopic (exact) mass is 577 g/mol. The summed E-state index contributed by atoms with van der Waals surface area (Å²) in [6, 6.07) is 55.4. The third-order valence-electron chi connectivity index (χ3n) is 8.62. The molecule has 0 spiro atoms. The van der Waals surface area contributed by atoms with E-state index in [1.54, 1.807) is 0 Å². The van der Waals surface area contributed by atoms with Crippen LogP contribution in [0.15, 0.2) is 168 Å². The maximum atomic E-state index is 6.14. The number of benzene rings is 6. The molecular formula is C41H27N3O. The number of aromatic nitrogens is 2. The van der Waals surface area contributed by atoms with Gasteiger partial charge in [0.25, 0.3) is 0 Å². The number of furan rings is 1. The maximum absolute atomic E-state index is 6.14. The van der Waals surface area contributed by atoms with Gasteiger partial charge in [0.1, 0.15) is 11.4 Å². The zero-order valence-electron chi connectivity index (χ0n) is 24.3. The Morgan fingerprint density at radius 2 is 1.09 bits per heavy atom. The van der Waals surface area contributed by atoms with Crippen LogP contribution >= 0.6 is 0 Å². The van der Waals surface area contributed by atoms with E-state index < -0.39 is 0 Å². The molecule has 0 fully saturated rings. The second kappa shape index (κ2) is 10.2. The van der Waals surface area contributed by atoms with Gasteiger partial charge in [0.05, 0.1) is 17.2 Å². The highest BCUT2D eigenvalue weighted by atomic mass is 16.3. The lowest BCUT2D eigenvalue weighted by atomic mass is 10.0. The first-order chi connectivity index (χ1) is 22.3. The van der Waals surface area contributed by atoms with Crippen molar-refractivity contribution < 1.29 is 4.42 Å². The molecule has 45 heavy (non-hydrogen) atoms. The number of nitrogens with zero attached hydrogens (tertiary/aromatic N) is 3. The lowest BCUT2D eigenvalue weighted by molar-refractivity contribution is 0.667. The van der Waals surface area contributed by atoms with Gasteiger partial charge in [-0.3, -0.25) is 4.90 Å². The smallest absolute Gasteiger partial charge is 0.153 e. The number of fused-ring (bicyclic) bond motifs is 6. The summed E-state index contributed by atoms with van der Waals surface area (Å²) in [5.74, 6) is 0.818. The van der Waals surface area contributed by atoms with E-state index in [9.17, 15) is 0 Å². The second-order valence-electron chi connectivity index (χ2n) is 11.3. The van der Waals surface area contributed by atoms with E-state index in [-0.39, 0.29) is 0 Å². The molecule has 0 atom stereocenters. The molecule has 4 nitrogen and oxygen atoms in total. The van der Waals surface area contributed by atoms with E-state index in [1.165, 1.54) is 27.4 Å². The van der Waals surface area contributed by atoms with Gasteiger partial charge in [0.15, 0.2) is 5.58 Å². The third-order valence-corrected chi connectivity index (χ3v) is 8.62. The summed E-state index contributed by atoms with van der Waals surface area (Å²) < 4.78 is 8.50. The molecule has 0 bridgehead atoms. The maximum Gasteiger partial charge on any atom is 0.153 e. The molecule has 9 rings (SSSR count). The van der Waals surface area contributed by atoms with Crippen LogP contribution in [0.1, 0.15) is 0 Å². The first-order valence-corrected chi connectivity index (χ1v) is 15.1. The average molecular weight is 578 g/mol. The Morgan fingerprint density at radius 3 is 1.87 bits per heavy atom. The normalized spacial score (nSPS) is 11.6. The Hall–Kier alpha value is -6.13. The number of pyridine rings is 1. The molecule has 0 radical (unpaired) electrons. The van der Waals surface area contributed by atoms with Gasteiger partial charge < -0.3 is 8.98 Å². The van der Waals surface area contributed by atoms with Crippen LogP contribution < -0.4 is 4.90 Å². The summed E-state index contributed by atoms with van der Waals surface area (Å²) in [4.78, 5) is 7.22. The predicted molar refractivity (Wildman–Crippen MR) is 186 cm³/mol. The van der Waals surface area contributed by atoms with Crippen molar-refractivity contribution in [3.8, 4) is 16.8 Å². The minimum absolute atomic E-state index is 0.775. The van der Waals surface area contributed by atoms with Crippen molar-refractivity contribution in [2.24, 2.45) is 0 Å². The SMILES string of the molecule is c1ccc(-c2cccc(N(c3cccc(-n4c5ccccc5c5ccccc54)c3)c3cc4c(cn3)oc3ccccc34)c2)cc1. The molecular weight excluding hydrogens is 550 g/mol. The van der Waals surface area contributed by atoms with Gasteiger partial charge in [-0.2, -0.15) is 0 Å². The van der Waals surface area contributed by atoms with Crippen LogP contribution in [-0.2, 0) is 0 Å². The lowest BCUT2D eigenvalue weighted by Gasteiger charge is -2.25. The van der Waals surface area contributed by atoms with Crippen LogP contribution in [0.3, 0.4) is 0 Å². The van der Waals surface area contributed by atoms with Crippen LogP contribution in [0, 0.1) is 0 Å². The van der Waals surface area contributed by atoms with E-state index in [1.807, 2.05) is 30.5 Å². The molecule has 0 saturated heterocycles.